The van der Waals surface area contributed by atoms with Gasteiger partial charge in [-0.05, 0) is 18.6 Å². The van der Waals surface area contributed by atoms with Gasteiger partial charge in [0.15, 0.2) is 0 Å². The van der Waals surface area contributed by atoms with Gasteiger partial charge in [-0.1, -0.05) is 23.2 Å². The minimum absolute atomic E-state index is 0.0131. The molecule has 0 saturated carbocycles. The first kappa shape index (κ1) is 9.68. The summed E-state index contributed by atoms with van der Waals surface area (Å²) < 4.78 is 24.4. The molecule has 1 heterocycles. The van der Waals surface area contributed by atoms with Crippen LogP contribution in [0.5, 0.6) is 0 Å². The highest BCUT2D eigenvalue weighted by Gasteiger charge is 2.15. The van der Waals surface area contributed by atoms with Crippen molar-refractivity contribution in [2.24, 2.45) is 0 Å². The maximum absolute atomic E-state index is 12.2. The van der Waals surface area contributed by atoms with E-state index in [1.807, 2.05) is 0 Å². The number of halogens is 4. The molecule has 0 atom stereocenters. The lowest BCUT2D eigenvalue weighted by molar-refractivity contribution is 0.145. The summed E-state index contributed by atoms with van der Waals surface area (Å²) in [5.41, 5.74) is -0.0800. The topological polar surface area (TPSA) is 12.9 Å². The Morgan fingerprint density at radius 2 is 2.00 bits per heavy atom. The zero-order valence-corrected chi connectivity index (χ0v) is 7.63. The Morgan fingerprint density at radius 1 is 1.42 bits per heavy atom. The molecule has 1 nitrogen and oxygen atoms in total. The van der Waals surface area contributed by atoms with Gasteiger partial charge in [-0.3, -0.25) is 0 Å². The summed E-state index contributed by atoms with van der Waals surface area (Å²) in [6, 6.07) is 1.34. The molecule has 0 aliphatic rings. The third kappa shape index (κ3) is 1.84. The van der Waals surface area contributed by atoms with E-state index in [1.165, 1.54) is 13.0 Å². The van der Waals surface area contributed by atoms with Crippen molar-refractivity contribution in [2.45, 2.75) is 13.3 Å². The van der Waals surface area contributed by atoms with E-state index < -0.39 is 6.43 Å². The van der Waals surface area contributed by atoms with Crippen molar-refractivity contribution >= 4 is 23.2 Å². The lowest BCUT2D eigenvalue weighted by atomic mass is 10.2. The third-order valence-electron chi connectivity index (χ3n) is 1.42. The molecule has 0 bridgehead atoms. The number of alkyl halides is 2. The number of pyridine rings is 1. The average Bonchev–Trinajstić information content (AvgIpc) is 1.96. The standard InChI is InChI=1S/C7H5Cl2F2N/c1-3-4(8)2-5(9)12-6(3)7(10)11/h2,7H,1H3. The Balaban J connectivity index is 3.28. The highest BCUT2D eigenvalue weighted by molar-refractivity contribution is 6.34. The predicted octanol–water partition coefficient (Wildman–Crippen LogP) is 3.63. The molecule has 1 aromatic heterocycles. The van der Waals surface area contributed by atoms with Crippen LogP contribution in [0.15, 0.2) is 6.07 Å². The lowest BCUT2D eigenvalue weighted by Gasteiger charge is -2.05. The first-order valence-electron chi connectivity index (χ1n) is 3.13. The lowest BCUT2D eigenvalue weighted by Crippen LogP contribution is -1.95. The van der Waals surface area contributed by atoms with E-state index in [1.54, 1.807) is 0 Å². The van der Waals surface area contributed by atoms with Crippen LogP contribution in [0.25, 0.3) is 0 Å². The summed E-state index contributed by atoms with van der Waals surface area (Å²) in [4.78, 5) is 3.46. The van der Waals surface area contributed by atoms with Gasteiger partial charge in [-0.2, -0.15) is 0 Å². The first-order chi connectivity index (χ1) is 5.52. The van der Waals surface area contributed by atoms with E-state index >= 15 is 0 Å². The van der Waals surface area contributed by atoms with E-state index in [4.69, 9.17) is 23.2 Å². The normalized spacial score (nSPS) is 10.8. The molecule has 0 N–H and O–H groups in total. The van der Waals surface area contributed by atoms with Gasteiger partial charge in [0, 0.05) is 5.02 Å². The second-order valence-electron chi connectivity index (χ2n) is 2.24. The minimum Gasteiger partial charge on any atom is -0.235 e. The maximum atomic E-state index is 12.2. The van der Waals surface area contributed by atoms with Gasteiger partial charge >= 0.3 is 0 Å². The van der Waals surface area contributed by atoms with Crippen molar-refractivity contribution < 1.29 is 8.78 Å². The summed E-state index contributed by atoms with van der Waals surface area (Å²) in [6.07, 6.45) is -2.64. The molecule has 0 aliphatic heterocycles. The Bertz CT molecular complexity index is 302. The number of nitrogens with zero attached hydrogens (tertiary/aromatic N) is 1. The van der Waals surface area contributed by atoms with Crippen LogP contribution in [-0.2, 0) is 0 Å². The van der Waals surface area contributed by atoms with E-state index in [2.05, 4.69) is 4.98 Å². The molecule has 0 unspecified atom stereocenters. The monoisotopic (exact) mass is 211 g/mol. The van der Waals surface area contributed by atoms with Crippen molar-refractivity contribution in [3.8, 4) is 0 Å². The molecule has 1 rings (SSSR count). The summed E-state index contributed by atoms with van der Waals surface area (Å²) in [7, 11) is 0. The van der Waals surface area contributed by atoms with Gasteiger partial charge in [0.1, 0.15) is 10.8 Å². The SMILES string of the molecule is Cc1c(Cl)cc(Cl)nc1C(F)F. The van der Waals surface area contributed by atoms with Crippen LogP contribution in [-0.4, -0.2) is 4.98 Å². The maximum Gasteiger partial charge on any atom is 0.280 e. The fourth-order valence-corrected chi connectivity index (χ4v) is 1.23. The van der Waals surface area contributed by atoms with Gasteiger partial charge in [-0.25, -0.2) is 13.8 Å². The van der Waals surface area contributed by atoms with E-state index in [-0.39, 0.29) is 21.4 Å². The number of hydrogen-bond acceptors (Lipinski definition) is 1. The zero-order valence-electron chi connectivity index (χ0n) is 6.11. The van der Waals surface area contributed by atoms with E-state index in [0.29, 0.717) is 0 Å². The second-order valence-corrected chi connectivity index (χ2v) is 3.03. The molecule has 0 radical (unpaired) electrons. The molecular weight excluding hydrogens is 207 g/mol. The molecule has 0 aromatic carbocycles. The molecule has 0 saturated heterocycles. The van der Waals surface area contributed by atoms with Crippen LogP contribution in [0, 0.1) is 6.92 Å². The first-order valence-corrected chi connectivity index (χ1v) is 3.88. The van der Waals surface area contributed by atoms with Gasteiger partial charge < -0.3 is 0 Å². The predicted molar refractivity (Wildman–Crippen MR) is 44.0 cm³/mol. The second kappa shape index (κ2) is 3.54. The minimum atomic E-state index is -2.64. The Kier molecular flexibility index (Phi) is 2.85. The van der Waals surface area contributed by atoms with Crippen molar-refractivity contribution in [3.63, 3.8) is 0 Å². The molecule has 5 heteroatoms. The molecule has 66 valence electrons. The summed E-state index contributed by atoms with van der Waals surface area (Å²) in [5.74, 6) is 0. The van der Waals surface area contributed by atoms with Gasteiger partial charge in [-0.15, -0.1) is 0 Å². The number of hydrogen-bond donors (Lipinski definition) is 0. The third-order valence-corrected chi connectivity index (χ3v) is 2.01. The zero-order chi connectivity index (χ0) is 9.30. The molecule has 1 aromatic rings. The smallest absolute Gasteiger partial charge is 0.235 e. The fraction of sp³-hybridized carbons (Fsp3) is 0.286. The Hall–Kier alpha value is -0.410. The van der Waals surface area contributed by atoms with Crippen LogP contribution in [0.3, 0.4) is 0 Å². The molecule has 0 aliphatic carbocycles. The quantitative estimate of drug-likeness (QED) is 0.647. The van der Waals surface area contributed by atoms with Crippen molar-refractivity contribution in [1.82, 2.24) is 4.98 Å². The highest BCUT2D eigenvalue weighted by Crippen LogP contribution is 2.27. The van der Waals surface area contributed by atoms with Gasteiger partial charge in [0.05, 0.1) is 0 Å². The van der Waals surface area contributed by atoms with Crippen LogP contribution >= 0.6 is 23.2 Å². The molecule has 0 fully saturated rings. The fourth-order valence-electron chi connectivity index (χ4n) is 0.779. The summed E-state index contributed by atoms with van der Waals surface area (Å²) in [5, 5.41) is 0.200. The van der Waals surface area contributed by atoms with Gasteiger partial charge in [0.2, 0.25) is 0 Å². The number of aromatic nitrogens is 1. The molecule has 0 spiro atoms. The van der Waals surface area contributed by atoms with Crippen molar-refractivity contribution in [3.05, 3.63) is 27.5 Å². The summed E-state index contributed by atoms with van der Waals surface area (Å²) in [6.45, 7) is 1.48. The number of rotatable bonds is 1. The van der Waals surface area contributed by atoms with Crippen molar-refractivity contribution in [1.29, 1.82) is 0 Å². The van der Waals surface area contributed by atoms with E-state index in [9.17, 15) is 8.78 Å². The highest BCUT2D eigenvalue weighted by atomic mass is 35.5. The van der Waals surface area contributed by atoms with Crippen molar-refractivity contribution in [2.75, 3.05) is 0 Å². The molecular formula is C7H5Cl2F2N. The van der Waals surface area contributed by atoms with Gasteiger partial charge in [0.25, 0.3) is 6.43 Å². The molecule has 12 heavy (non-hydrogen) atoms. The largest absolute Gasteiger partial charge is 0.280 e. The van der Waals surface area contributed by atoms with Crippen LogP contribution in [0.4, 0.5) is 8.78 Å². The Morgan fingerprint density at radius 3 is 2.50 bits per heavy atom. The Labute approximate surface area is 78.3 Å². The average molecular weight is 212 g/mol. The summed E-state index contributed by atoms with van der Waals surface area (Å²) >= 11 is 11.0. The van der Waals surface area contributed by atoms with Crippen LogP contribution in [0.1, 0.15) is 17.7 Å². The van der Waals surface area contributed by atoms with Crippen LogP contribution < -0.4 is 0 Å². The van der Waals surface area contributed by atoms with E-state index in [0.717, 1.165) is 0 Å². The molecule has 0 amide bonds. The van der Waals surface area contributed by atoms with Crippen LogP contribution in [0.2, 0.25) is 10.2 Å².